The van der Waals surface area contributed by atoms with Gasteiger partial charge in [-0.2, -0.15) is 0 Å². The fourth-order valence-electron chi connectivity index (χ4n) is 2.29. The molecule has 1 aliphatic heterocycles. The van der Waals surface area contributed by atoms with Gasteiger partial charge in [0.15, 0.2) is 0 Å². The van der Waals surface area contributed by atoms with E-state index in [1.807, 2.05) is 0 Å². The van der Waals surface area contributed by atoms with Gasteiger partial charge in [0.05, 0.1) is 7.11 Å². The number of hydrogen-bond donors (Lipinski definition) is 1. The molecule has 0 spiro atoms. The van der Waals surface area contributed by atoms with Gasteiger partial charge in [-0.1, -0.05) is 6.07 Å². The first-order chi connectivity index (χ1) is 8.22. The van der Waals surface area contributed by atoms with Crippen LogP contribution in [0.4, 0.5) is 4.39 Å². The third-order valence-electron chi connectivity index (χ3n) is 3.33. The van der Waals surface area contributed by atoms with E-state index in [0.29, 0.717) is 11.7 Å². The van der Waals surface area contributed by atoms with Crippen molar-refractivity contribution in [1.82, 2.24) is 0 Å². The first kappa shape index (κ1) is 12.3. The maximum Gasteiger partial charge on any atom is 0.126 e. The Kier molecular flexibility index (Phi) is 3.97. The summed E-state index contributed by atoms with van der Waals surface area (Å²) in [7, 11) is 1.54. The van der Waals surface area contributed by atoms with Crippen molar-refractivity contribution >= 4 is 0 Å². The Morgan fingerprint density at radius 2 is 2.12 bits per heavy atom. The zero-order chi connectivity index (χ0) is 12.3. The molecule has 0 unspecified atom stereocenters. The lowest BCUT2D eigenvalue weighted by Crippen LogP contribution is -2.27. The molecule has 1 atom stereocenters. The molecule has 0 saturated carbocycles. The molecule has 2 N–H and O–H groups in total. The van der Waals surface area contributed by atoms with Crippen molar-refractivity contribution in [2.45, 2.75) is 18.9 Å². The Balaban J connectivity index is 2.19. The van der Waals surface area contributed by atoms with E-state index in [9.17, 15) is 4.39 Å². The van der Waals surface area contributed by atoms with Gasteiger partial charge in [0, 0.05) is 30.9 Å². The molecule has 1 fully saturated rings. The first-order valence-corrected chi connectivity index (χ1v) is 5.89. The number of hydrogen-bond acceptors (Lipinski definition) is 3. The van der Waals surface area contributed by atoms with Crippen molar-refractivity contribution in [1.29, 1.82) is 0 Å². The number of halogens is 1. The van der Waals surface area contributed by atoms with Crippen LogP contribution in [0.3, 0.4) is 0 Å². The monoisotopic (exact) mass is 239 g/mol. The summed E-state index contributed by atoms with van der Waals surface area (Å²) in [5.41, 5.74) is 7.11. The van der Waals surface area contributed by atoms with Crippen LogP contribution >= 0.6 is 0 Å². The number of nitrogens with two attached hydrogens (primary N) is 1. The molecule has 0 bridgehead atoms. The predicted molar refractivity (Wildman–Crippen MR) is 63.4 cm³/mol. The standard InChI is InChI=1S/C13H18FNO2/c1-16-12-8-10(14)2-3-11(12)13(15)9-4-6-17-7-5-9/h2-3,8-9,13H,4-7,15H2,1H3/t13-/m0/s1. The van der Waals surface area contributed by atoms with Crippen LogP contribution in [0.1, 0.15) is 24.4 Å². The van der Waals surface area contributed by atoms with E-state index in [-0.39, 0.29) is 11.9 Å². The minimum Gasteiger partial charge on any atom is -0.496 e. The normalized spacial score (nSPS) is 19.0. The Morgan fingerprint density at radius 3 is 2.76 bits per heavy atom. The molecule has 1 saturated heterocycles. The molecule has 3 nitrogen and oxygen atoms in total. The van der Waals surface area contributed by atoms with E-state index in [2.05, 4.69) is 0 Å². The van der Waals surface area contributed by atoms with E-state index in [0.717, 1.165) is 31.6 Å². The quantitative estimate of drug-likeness (QED) is 0.880. The first-order valence-electron chi connectivity index (χ1n) is 5.89. The minimum absolute atomic E-state index is 0.116. The molecule has 1 aromatic carbocycles. The van der Waals surface area contributed by atoms with Gasteiger partial charge >= 0.3 is 0 Å². The average molecular weight is 239 g/mol. The molecule has 0 aliphatic carbocycles. The highest BCUT2D eigenvalue weighted by atomic mass is 19.1. The lowest BCUT2D eigenvalue weighted by molar-refractivity contribution is 0.0581. The molecule has 1 aromatic rings. The number of ether oxygens (including phenoxy) is 2. The summed E-state index contributed by atoms with van der Waals surface area (Å²) in [6, 6.07) is 4.41. The highest BCUT2D eigenvalue weighted by Crippen LogP contribution is 2.33. The van der Waals surface area contributed by atoms with Crippen LogP contribution in [-0.2, 0) is 4.74 Å². The smallest absolute Gasteiger partial charge is 0.126 e. The second-order valence-corrected chi connectivity index (χ2v) is 4.36. The molecule has 0 amide bonds. The van der Waals surface area contributed by atoms with Gasteiger partial charge in [0.1, 0.15) is 11.6 Å². The van der Waals surface area contributed by atoms with Gasteiger partial charge in [-0.3, -0.25) is 0 Å². The van der Waals surface area contributed by atoms with Crippen LogP contribution < -0.4 is 10.5 Å². The third-order valence-corrected chi connectivity index (χ3v) is 3.33. The number of rotatable bonds is 3. The largest absolute Gasteiger partial charge is 0.496 e. The van der Waals surface area contributed by atoms with E-state index >= 15 is 0 Å². The van der Waals surface area contributed by atoms with Crippen LogP contribution in [0, 0.1) is 11.7 Å². The summed E-state index contributed by atoms with van der Waals surface area (Å²) in [6.45, 7) is 1.50. The average Bonchev–Trinajstić information content (AvgIpc) is 2.39. The van der Waals surface area contributed by atoms with Gasteiger partial charge in [0.25, 0.3) is 0 Å². The summed E-state index contributed by atoms with van der Waals surface area (Å²) in [4.78, 5) is 0. The second kappa shape index (κ2) is 5.47. The maximum absolute atomic E-state index is 13.1. The van der Waals surface area contributed by atoms with Crippen LogP contribution in [-0.4, -0.2) is 20.3 Å². The fourth-order valence-corrected chi connectivity index (χ4v) is 2.29. The van der Waals surface area contributed by atoms with E-state index in [1.165, 1.54) is 19.2 Å². The Labute approximate surface area is 101 Å². The second-order valence-electron chi connectivity index (χ2n) is 4.36. The predicted octanol–water partition coefficient (Wildman–Crippen LogP) is 2.26. The SMILES string of the molecule is COc1cc(F)ccc1[C@@H](N)C1CCOCC1. The molecule has 2 rings (SSSR count). The van der Waals surface area contributed by atoms with Crippen molar-refractivity contribution in [2.75, 3.05) is 20.3 Å². The number of benzene rings is 1. The molecule has 0 aromatic heterocycles. The molecule has 94 valence electrons. The topological polar surface area (TPSA) is 44.5 Å². The summed E-state index contributed by atoms with van der Waals surface area (Å²) in [5.74, 6) is 0.608. The van der Waals surface area contributed by atoms with Gasteiger partial charge in [-0.25, -0.2) is 4.39 Å². The zero-order valence-electron chi connectivity index (χ0n) is 9.99. The van der Waals surface area contributed by atoms with Crippen LogP contribution in [0.25, 0.3) is 0 Å². The Bertz CT molecular complexity index is 378. The molecular formula is C13H18FNO2. The molecule has 1 heterocycles. The number of methoxy groups -OCH3 is 1. The minimum atomic E-state index is -0.301. The molecule has 4 heteroatoms. The summed E-state index contributed by atoms with van der Waals surface area (Å²) >= 11 is 0. The zero-order valence-corrected chi connectivity index (χ0v) is 9.99. The molecular weight excluding hydrogens is 221 g/mol. The van der Waals surface area contributed by atoms with E-state index in [4.69, 9.17) is 15.2 Å². The van der Waals surface area contributed by atoms with Gasteiger partial charge in [0.2, 0.25) is 0 Å². The van der Waals surface area contributed by atoms with Gasteiger partial charge in [-0.15, -0.1) is 0 Å². The van der Waals surface area contributed by atoms with Crippen LogP contribution in [0.2, 0.25) is 0 Å². The molecule has 17 heavy (non-hydrogen) atoms. The Morgan fingerprint density at radius 1 is 1.41 bits per heavy atom. The maximum atomic E-state index is 13.1. The van der Waals surface area contributed by atoms with Crippen molar-refractivity contribution < 1.29 is 13.9 Å². The van der Waals surface area contributed by atoms with Gasteiger partial charge < -0.3 is 15.2 Å². The molecule has 1 aliphatic rings. The van der Waals surface area contributed by atoms with Gasteiger partial charge in [-0.05, 0) is 24.8 Å². The Hall–Kier alpha value is -1.13. The van der Waals surface area contributed by atoms with Crippen molar-refractivity contribution in [2.24, 2.45) is 11.7 Å². The van der Waals surface area contributed by atoms with Crippen molar-refractivity contribution in [3.05, 3.63) is 29.6 Å². The van der Waals surface area contributed by atoms with Crippen LogP contribution in [0.5, 0.6) is 5.75 Å². The van der Waals surface area contributed by atoms with E-state index in [1.54, 1.807) is 6.07 Å². The van der Waals surface area contributed by atoms with Crippen molar-refractivity contribution in [3.8, 4) is 5.75 Å². The van der Waals surface area contributed by atoms with Crippen LogP contribution in [0.15, 0.2) is 18.2 Å². The summed E-state index contributed by atoms with van der Waals surface area (Å²) in [6.07, 6.45) is 1.89. The third kappa shape index (κ3) is 2.76. The lowest BCUT2D eigenvalue weighted by Gasteiger charge is -2.28. The molecule has 0 radical (unpaired) electrons. The fraction of sp³-hybridized carbons (Fsp3) is 0.538. The highest BCUT2D eigenvalue weighted by Gasteiger charge is 2.24. The summed E-state index contributed by atoms with van der Waals surface area (Å²) in [5, 5.41) is 0. The van der Waals surface area contributed by atoms with Crippen molar-refractivity contribution in [3.63, 3.8) is 0 Å². The highest BCUT2D eigenvalue weighted by molar-refractivity contribution is 5.36. The summed E-state index contributed by atoms with van der Waals surface area (Å²) < 4.78 is 23.6. The lowest BCUT2D eigenvalue weighted by atomic mass is 9.87. The van der Waals surface area contributed by atoms with E-state index < -0.39 is 0 Å².